The fraction of sp³-hybridized carbons (Fsp3) is 0.400. The molecular weight excluding hydrogens is 258 g/mol. The normalized spacial score (nSPS) is 17.5. The summed E-state index contributed by atoms with van der Waals surface area (Å²) >= 11 is 6.31. The van der Waals surface area contributed by atoms with Crippen LogP contribution in [-0.2, 0) is 6.54 Å². The number of nitrogens with zero attached hydrogens (tertiary/aromatic N) is 2. The van der Waals surface area contributed by atoms with E-state index in [2.05, 4.69) is 27.3 Å². The highest BCUT2D eigenvalue weighted by molar-refractivity contribution is 6.30. The maximum absolute atomic E-state index is 6.31. The Morgan fingerprint density at radius 1 is 1.21 bits per heavy atom. The number of fused-ring (bicyclic) bond motifs is 1. The molecule has 1 fully saturated rings. The van der Waals surface area contributed by atoms with Crippen molar-refractivity contribution in [3.05, 3.63) is 41.0 Å². The molecule has 0 atom stereocenters. The molecule has 0 spiro atoms. The summed E-state index contributed by atoms with van der Waals surface area (Å²) < 4.78 is 0. The van der Waals surface area contributed by atoms with Crippen LogP contribution in [0.15, 0.2) is 30.3 Å². The number of pyridine rings is 1. The maximum atomic E-state index is 6.31. The lowest BCUT2D eigenvalue weighted by Crippen LogP contribution is -2.27. The van der Waals surface area contributed by atoms with Crippen molar-refractivity contribution >= 4 is 22.5 Å². The second-order valence-electron chi connectivity index (χ2n) is 5.01. The van der Waals surface area contributed by atoms with Crippen molar-refractivity contribution in [1.29, 1.82) is 0 Å². The number of benzene rings is 1. The van der Waals surface area contributed by atoms with Gasteiger partial charge >= 0.3 is 0 Å². The van der Waals surface area contributed by atoms with Crippen molar-refractivity contribution in [3.8, 4) is 0 Å². The predicted molar refractivity (Wildman–Crippen MR) is 79.5 cm³/mol. The molecule has 0 aliphatic carbocycles. The van der Waals surface area contributed by atoms with Crippen molar-refractivity contribution in [2.24, 2.45) is 0 Å². The first kappa shape index (κ1) is 12.9. The largest absolute Gasteiger partial charge is 0.315 e. The average Bonchev–Trinajstić information content (AvgIpc) is 2.68. The number of hydrogen-bond acceptors (Lipinski definition) is 3. The Morgan fingerprint density at radius 3 is 3.05 bits per heavy atom. The van der Waals surface area contributed by atoms with Gasteiger partial charge in [0, 0.05) is 30.6 Å². The fourth-order valence-corrected chi connectivity index (χ4v) is 2.75. The van der Waals surface area contributed by atoms with Gasteiger partial charge in [0.05, 0.1) is 5.52 Å². The summed E-state index contributed by atoms with van der Waals surface area (Å²) in [7, 11) is 0. The summed E-state index contributed by atoms with van der Waals surface area (Å²) in [6.07, 6.45) is 1.19. The third-order valence-corrected chi connectivity index (χ3v) is 3.90. The van der Waals surface area contributed by atoms with Crippen LogP contribution in [0.1, 0.15) is 12.0 Å². The van der Waals surface area contributed by atoms with E-state index in [9.17, 15) is 0 Å². The Hall–Kier alpha value is -1.16. The third-order valence-electron chi connectivity index (χ3n) is 3.58. The quantitative estimate of drug-likeness (QED) is 0.854. The molecule has 1 aliphatic rings. The first-order valence-corrected chi connectivity index (χ1v) is 7.18. The highest BCUT2D eigenvalue weighted by Crippen LogP contribution is 2.21. The molecule has 100 valence electrons. The highest BCUT2D eigenvalue weighted by Gasteiger charge is 2.12. The first-order valence-electron chi connectivity index (χ1n) is 6.80. The van der Waals surface area contributed by atoms with Gasteiger partial charge in [0.15, 0.2) is 0 Å². The molecular formula is C15H18ClN3. The van der Waals surface area contributed by atoms with Gasteiger partial charge in [-0.2, -0.15) is 0 Å². The molecule has 1 aromatic carbocycles. The minimum atomic E-state index is 0.635. The van der Waals surface area contributed by atoms with Crippen LogP contribution in [0.2, 0.25) is 5.15 Å². The molecule has 0 radical (unpaired) electrons. The van der Waals surface area contributed by atoms with Crippen LogP contribution in [-0.4, -0.2) is 36.1 Å². The molecule has 0 unspecified atom stereocenters. The predicted octanol–water partition coefficient (Wildman–Crippen LogP) is 2.68. The zero-order chi connectivity index (χ0) is 13.1. The summed E-state index contributed by atoms with van der Waals surface area (Å²) in [4.78, 5) is 6.93. The Bertz CT molecular complexity index is 562. The van der Waals surface area contributed by atoms with Crippen molar-refractivity contribution in [1.82, 2.24) is 15.2 Å². The molecule has 4 heteroatoms. The van der Waals surface area contributed by atoms with Crippen LogP contribution in [0.4, 0.5) is 0 Å². The topological polar surface area (TPSA) is 28.2 Å². The van der Waals surface area contributed by atoms with E-state index in [0.717, 1.165) is 49.2 Å². The van der Waals surface area contributed by atoms with Crippen molar-refractivity contribution < 1.29 is 0 Å². The maximum Gasteiger partial charge on any atom is 0.134 e. The summed E-state index contributed by atoms with van der Waals surface area (Å²) in [5.41, 5.74) is 2.09. The van der Waals surface area contributed by atoms with Crippen molar-refractivity contribution in [2.75, 3.05) is 26.2 Å². The van der Waals surface area contributed by atoms with Gasteiger partial charge in [-0.05, 0) is 31.6 Å². The van der Waals surface area contributed by atoms with Crippen LogP contribution >= 0.6 is 11.6 Å². The molecule has 3 rings (SSSR count). The van der Waals surface area contributed by atoms with E-state index in [1.807, 2.05) is 18.2 Å². The van der Waals surface area contributed by atoms with E-state index in [0.29, 0.717) is 5.15 Å². The number of para-hydroxylation sites is 1. The Labute approximate surface area is 118 Å². The number of nitrogens with one attached hydrogen (secondary N) is 1. The van der Waals surface area contributed by atoms with Gasteiger partial charge in [0.25, 0.3) is 0 Å². The Kier molecular flexibility index (Phi) is 3.97. The van der Waals surface area contributed by atoms with Crippen LogP contribution in [0.3, 0.4) is 0 Å². The number of hydrogen-bond donors (Lipinski definition) is 1. The molecule has 0 saturated carbocycles. The molecule has 19 heavy (non-hydrogen) atoms. The molecule has 0 bridgehead atoms. The van der Waals surface area contributed by atoms with E-state index in [1.54, 1.807) is 0 Å². The lowest BCUT2D eigenvalue weighted by Gasteiger charge is -2.20. The van der Waals surface area contributed by atoms with E-state index in [1.165, 1.54) is 6.42 Å². The van der Waals surface area contributed by atoms with Gasteiger partial charge in [-0.1, -0.05) is 29.8 Å². The van der Waals surface area contributed by atoms with Crippen molar-refractivity contribution in [2.45, 2.75) is 13.0 Å². The lowest BCUT2D eigenvalue weighted by atomic mass is 10.1. The van der Waals surface area contributed by atoms with Gasteiger partial charge in [-0.25, -0.2) is 4.98 Å². The van der Waals surface area contributed by atoms with Gasteiger partial charge in [0.2, 0.25) is 0 Å². The van der Waals surface area contributed by atoms with Crippen molar-refractivity contribution in [3.63, 3.8) is 0 Å². The smallest absolute Gasteiger partial charge is 0.134 e. The van der Waals surface area contributed by atoms with Crippen LogP contribution in [0.25, 0.3) is 10.9 Å². The fourth-order valence-electron chi connectivity index (χ4n) is 2.55. The standard InChI is InChI=1S/C15H18ClN3/c16-15-13(11-19-8-3-6-17-7-9-19)10-12-4-1-2-5-14(12)18-15/h1-2,4-5,10,17H,3,6-9,11H2. The highest BCUT2D eigenvalue weighted by atomic mass is 35.5. The van der Waals surface area contributed by atoms with Gasteiger partial charge in [-0.3, -0.25) is 4.90 Å². The van der Waals surface area contributed by atoms with Crippen LogP contribution < -0.4 is 5.32 Å². The average molecular weight is 276 g/mol. The van der Waals surface area contributed by atoms with E-state index in [4.69, 9.17) is 11.6 Å². The monoisotopic (exact) mass is 275 g/mol. The molecule has 3 nitrogen and oxygen atoms in total. The van der Waals surface area contributed by atoms with E-state index < -0.39 is 0 Å². The zero-order valence-electron chi connectivity index (χ0n) is 10.9. The Morgan fingerprint density at radius 2 is 2.11 bits per heavy atom. The first-order chi connectivity index (χ1) is 9.33. The number of aromatic nitrogens is 1. The second-order valence-corrected chi connectivity index (χ2v) is 5.37. The zero-order valence-corrected chi connectivity index (χ0v) is 11.7. The molecule has 1 aromatic heterocycles. The van der Waals surface area contributed by atoms with Gasteiger partial charge in [-0.15, -0.1) is 0 Å². The molecule has 2 heterocycles. The SMILES string of the molecule is Clc1nc2ccccc2cc1CN1CCCNCC1. The van der Waals surface area contributed by atoms with Crippen LogP contribution in [0, 0.1) is 0 Å². The van der Waals surface area contributed by atoms with Gasteiger partial charge < -0.3 is 5.32 Å². The number of rotatable bonds is 2. The van der Waals surface area contributed by atoms with Crippen LogP contribution in [0.5, 0.6) is 0 Å². The minimum Gasteiger partial charge on any atom is -0.315 e. The molecule has 0 amide bonds. The van der Waals surface area contributed by atoms with E-state index in [-0.39, 0.29) is 0 Å². The molecule has 1 N–H and O–H groups in total. The molecule has 1 saturated heterocycles. The summed E-state index contributed by atoms with van der Waals surface area (Å²) in [6.45, 7) is 5.25. The second kappa shape index (κ2) is 5.87. The Balaban J connectivity index is 1.85. The van der Waals surface area contributed by atoms with E-state index >= 15 is 0 Å². The number of halogens is 1. The molecule has 1 aliphatic heterocycles. The molecule has 2 aromatic rings. The summed E-state index contributed by atoms with van der Waals surface area (Å²) in [5, 5.41) is 5.21. The van der Waals surface area contributed by atoms with Gasteiger partial charge in [0.1, 0.15) is 5.15 Å². The summed E-state index contributed by atoms with van der Waals surface area (Å²) in [5.74, 6) is 0. The summed E-state index contributed by atoms with van der Waals surface area (Å²) in [6, 6.07) is 10.3. The third kappa shape index (κ3) is 3.06. The minimum absolute atomic E-state index is 0.635. The lowest BCUT2D eigenvalue weighted by molar-refractivity contribution is 0.284.